The van der Waals surface area contributed by atoms with E-state index in [1.807, 2.05) is 48.7 Å². The molecule has 0 radical (unpaired) electrons. The second kappa shape index (κ2) is 7.93. The van der Waals surface area contributed by atoms with Gasteiger partial charge in [-0.05, 0) is 35.9 Å². The molecule has 148 valence electrons. The number of anilines is 1. The highest BCUT2D eigenvalue weighted by molar-refractivity contribution is 8.00. The Balaban J connectivity index is 1.28. The van der Waals surface area contributed by atoms with E-state index >= 15 is 0 Å². The van der Waals surface area contributed by atoms with Gasteiger partial charge < -0.3 is 9.73 Å². The summed E-state index contributed by atoms with van der Waals surface area (Å²) in [5.74, 6) is -0.137. The Kier molecular flexibility index (Phi) is 4.98. The monoisotopic (exact) mass is 431 g/mol. The van der Waals surface area contributed by atoms with Crippen molar-refractivity contribution in [3.05, 3.63) is 72.1 Å². The number of para-hydroxylation sites is 2. The molecule has 5 rings (SSSR count). The summed E-state index contributed by atoms with van der Waals surface area (Å²) in [5.41, 5.74) is 3.37. The Morgan fingerprint density at radius 1 is 1.03 bits per heavy atom. The molecule has 1 unspecified atom stereocenters. The lowest BCUT2D eigenvalue weighted by atomic mass is 10.1. The third-order valence-corrected chi connectivity index (χ3v) is 6.40. The number of carbonyl (C=O) groups excluding carboxylic acids is 1. The third-order valence-electron chi connectivity index (χ3n) is 4.70. The smallest absolute Gasteiger partial charge is 0.257 e. The van der Waals surface area contributed by atoms with Crippen LogP contribution in [0.2, 0.25) is 0 Å². The molecule has 0 bridgehead atoms. The number of hydrogen-bond acceptors (Lipinski definition) is 6. The van der Waals surface area contributed by atoms with Crippen molar-refractivity contribution in [1.82, 2.24) is 9.97 Å². The van der Waals surface area contributed by atoms with Crippen LogP contribution in [0.3, 0.4) is 0 Å². The molecule has 0 saturated carbocycles. The molecule has 1 atom stereocenters. The second-order valence-corrected chi connectivity index (χ2v) is 8.95. The highest BCUT2D eigenvalue weighted by Gasteiger charge is 2.19. The fourth-order valence-electron chi connectivity index (χ4n) is 3.13. The molecular weight excluding hydrogens is 414 g/mol. The Hall–Kier alpha value is -3.16. The van der Waals surface area contributed by atoms with Crippen molar-refractivity contribution in [1.29, 1.82) is 0 Å². The van der Waals surface area contributed by atoms with Crippen LogP contribution in [0.15, 0.2) is 81.8 Å². The van der Waals surface area contributed by atoms with Gasteiger partial charge in [0.15, 0.2) is 10.7 Å². The van der Waals surface area contributed by atoms with Gasteiger partial charge in [0.05, 0.1) is 10.9 Å². The highest BCUT2D eigenvalue weighted by Crippen LogP contribution is 2.30. The van der Waals surface area contributed by atoms with Gasteiger partial charge in [0.1, 0.15) is 5.52 Å². The van der Waals surface area contributed by atoms with Crippen LogP contribution < -0.4 is 5.32 Å². The number of amides is 1. The molecule has 0 saturated heterocycles. The number of benzene rings is 3. The largest absolute Gasteiger partial charge is 0.431 e. The summed E-state index contributed by atoms with van der Waals surface area (Å²) in [6, 6.07) is 22.0. The van der Waals surface area contributed by atoms with Gasteiger partial charge >= 0.3 is 0 Å². The van der Waals surface area contributed by atoms with Crippen LogP contribution in [0, 0.1) is 0 Å². The van der Waals surface area contributed by atoms with Crippen LogP contribution in [-0.4, -0.2) is 21.1 Å². The molecule has 2 aromatic heterocycles. The van der Waals surface area contributed by atoms with Gasteiger partial charge in [-0.3, -0.25) is 4.79 Å². The van der Waals surface area contributed by atoms with Crippen LogP contribution in [-0.2, 0) is 4.79 Å². The summed E-state index contributed by atoms with van der Waals surface area (Å²) in [6.07, 6.45) is 0. The van der Waals surface area contributed by atoms with Crippen molar-refractivity contribution < 1.29 is 9.21 Å². The van der Waals surface area contributed by atoms with Gasteiger partial charge in [0.2, 0.25) is 5.91 Å². The van der Waals surface area contributed by atoms with Gasteiger partial charge in [-0.25, -0.2) is 9.97 Å². The van der Waals surface area contributed by atoms with E-state index in [-0.39, 0.29) is 11.2 Å². The summed E-state index contributed by atoms with van der Waals surface area (Å²) < 4.78 is 5.69. The minimum atomic E-state index is -0.369. The van der Waals surface area contributed by atoms with E-state index < -0.39 is 0 Å². The average molecular weight is 432 g/mol. The first-order chi connectivity index (χ1) is 14.7. The number of oxazole rings is 1. The summed E-state index contributed by atoms with van der Waals surface area (Å²) in [5, 5.41) is 7.90. The van der Waals surface area contributed by atoms with Gasteiger partial charge in [-0.1, -0.05) is 60.3 Å². The highest BCUT2D eigenvalue weighted by atomic mass is 32.2. The maximum atomic E-state index is 12.6. The standard InChI is InChI=1S/C23H17N3O2S2/c1-14(30-23-25-18-8-4-5-9-20(18)28-23)21(27)26-22-24-19(13-29-22)17-11-10-15-6-2-3-7-16(15)12-17/h2-14H,1H3,(H,24,26,27). The molecule has 0 aliphatic heterocycles. The van der Waals surface area contributed by atoms with Crippen molar-refractivity contribution in [2.24, 2.45) is 0 Å². The molecule has 0 spiro atoms. The van der Waals surface area contributed by atoms with E-state index in [0.29, 0.717) is 15.9 Å². The normalized spacial score (nSPS) is 12.3. The Bertz CT molecular complexity index is 1330. The lowest BCUT2D eigenvalue weighted by Gasteiger charge is -2.07. The zero-order valence-electron chi connectivity index (χ0n) is 16.0. The predicted molar refractivity (Wildman–Crippen MR) is 123 cm³/mol. The van der Waals surface area contributed by atoms with Gasteiger partial charge in [-0.2, -0.15) is 0 Å². The van der Waals surface area contributed by atoms with Gasteiger partial charge in [-0.15, -0.1) is 11.3 Å². The predicted octanol–water partition coefficient (Wildman–Crippen LogP) is 6.22. The summed E-state index contributed by atoms with van der Waals surface area (Å²) in [4.78, 5) is 21.6. The van der Waals surface area contributed by atoms with E-state index in [0.717, 1.165) is 22.2 Å². The number of fused-ring (bicyclic) bond motifs is 2. The maximum absolute atomic E-state index is 12.6. The average Bonchev–Trinajstić information content (AvgIpc) is 3.39. The van der Waals surface area contributed by atoms with Crippen LogP contribution in [0.4, 0.5) is 5.13 Å². The molecular formula is C23H17N3O2S2. The fraction of sp³-hybridized carbons (Fsp3) is 0.0870. The molecule has 3 aromatic carbocycles. The van der Waals surface area contributed by atoms with E-state index in [4.69, 9.17) is 4.42 Å². The van der Waals surface area contributed by atoms with Crippen molar-refractivity contribution >= 4 is 56.0 Å². The minimum Gasteiger partial charge on any atom is -0.431 e. The van der Waals surface area contributed by atoms with Gasteiger partial charge in [0, 0.05) is 10.9 Å². The number of nitrogens with zero attached hydrogens (tertiary/aromatic N) is 2. The van der Waals surface area contributed by atoms with E-state index in [1.54, 1.807) is 0 Å². The molecule has 0 aliphatic rings. The minimum absolute atomic E-state index is 0.137. The molecule has 5 nitrogen and oxygen atoms in total. The molecule has 0 aliphatic carbocycles. The fourth-order valence-corrected chi connectivity index (χ4v) is 4.61. The van der Waals surface area contributed by atoms with E-state index in [9.17, 15) is 4.79 Å². The Labute approximate surface area is 181 Å². The lowest BCUT2D eigenvalue weighted by molar-refractivity contribution is -0.115. The first-order valence-electron chi connectivity index (χ1n) is 9.43. The Morgan fingerprint density at radius 3 is 2.70 bits per heavy atom. The molecule has 0 fully saturated rings. The Morgan fingerprint density at radius 2 is 1.83 bits per heavy atom. The van der Waals surface area contributed by atoms with Crippen LogP contribution in [0.5, 0.6) is 0 Å². The van der Waals surface area contributed by atoms with Crippen LogP contribution >= 0.6 is 23.1 Å². The van der Waals surface area contributed by atoms with Crippen LogP contribution in [0.25, 0.3) is 33.1 Å². The molecule has 5 aromatic rings. The van der Waals surface area contributed by atoms with Crippen molar-refractivity contribution in [3.63, 3.8) is 0 Å². The maximum Gasteiger partial charge on any atom is 0.257 e. The number of aromatic nitrogens is 2. The van der Waals surface area contributed by atoms with Crippen molar-refractivity contribution in [3.8, 4) is 11.3 Å². The summed E-state index contributed by atoms with van der Waals surface area (Å²) in [7, 11) is 0. The van der Waals surface area contributed by atoms with E-state index in [1.165, 1.54) is 28.5 Å². The van der Waals surface area contributed by atoms with E-state index in [2.05, 4.69) is 45.6 Å². The SMILES string of the molecule is CC(Sc1nc2ccccc2o1)C(=O)Nc1nc(-c2ccc3ccccc3c2)cs1. The van der Waals surface area contributed by atoms with Crippen molar-refractivity contribution in [2.45, 2.75) is 17.4 Å². The zero-order chi connectivity index (χ0) is 20.5. The second-order valence-electron chi connectivity index (χ2n) is 6.80. The molecule has 30 heavy (non-hydrogen) atoms. The number of rotatable bonds is 5. The molecule has 2 heterocycles. The molecule has 1 N–H and O–H groups in total. The number of nitrogens with one attached hydrogen (secondary N) is 1. The summed E-state index contributed by atoms with van der Waals surface area (Å²) >= 11 is 2.70. The zero-order valence-corrected chi connectivity index (χ0v) is 17.7. The summed E-state index contributed by atoms with van der Waals surface area (Å²) in [6.45, 7) is 1.83. The molecule has 7 heteroatoms. The number of hydrogen-bond donors (Lipinski definition) is 1. The lowest BCUT2D eigenvalue weighted by Crippen LogP contribution is -2.22. The number of thioether (sulfide) groups is 1. The number of carbonyl (C=O) groups is 1. The van der Waals surface area contributed by atoms with Gasteiger partial charge in [0.25, 0.3) is 5.22 Å². The molecule has 1 amide bonds. The third kappa shape index (κ3) is 3.81. The first kappa shape index (κ1) is 18.8. The van der Waals surface area contributed by atoms with Crippen molar-refractivity contribution in [2.75, 3.05) is 5.32 Å². The van der Waals surface area contributed by atoms with Crippen LogP contribution in [0.1, 0.15) is 6.92 Å². The number of thiazole rings is 1. The topological polar surface area (TPSA) is 68.0 Å². The first-order valence-corrected chi connectivity index (χ1v) is 11.2. The quantitative estimate of drug-likeness (QED) is 0.334.